The molecule has 1 saturated heterocycles. The van der Waals surface area contributed by atoms with E-state index >= 15 is 0 Å². The molecule has 2 aromatic rings. The first-order chi connectivity index (χ1) is 9.96. The zero-order valence-corrected chi connectivity index (χ0v) is 12.8. The van der Waals surface area contributed by atoms with E-state index in [1.54, 1.807) is 0 Å². The molecule has 0 radical (unpaired) electrons. The van der Waals surface area contributed by atoms with Gasteiger partial charge in [0.2, 0.25) is 0 Å². The van der Waals surface area contributed by atoms with E-state index in [-0.39, 0.29) is 0 Å². The smallest absolute Gasteiger partial charge is 0.346 e. The third-order valence-electron chi connectivity index (χ3n) is 4.21. The fraction of sp³-hybridized carbons (Fsp3) is 0.438. The molecule has 0 bridgehead atoms. The van der Waals surface area contributed by atoms with E-state index in [9.17, 15) is 15.0 Å². The van der Waals surface area contributed by atoms with E-state index in [4.69, 9.17) is 0 Å². The number of hydrogen-bond donors (Lipinski definition) is 2. The minimum atomic E-state index is -0.852. The SMILES string of the molecule is CC1(O)CCN(Cc2c(C(=O)O)sc3ccccc23)CC1. The maximum atomic E-state index is 11.5. The summed E-state index contributed by atoms with van der Waals surface area (Å²) in [5, 5.41) is 20.5. The highest BCUT2D eigenvalue weighted by Gasteiger charge is 2.28. The van der Waals surface area contributed by atoms with Crippen LogP contribution in [0, 0.1) is 0 Å². The molecular formula is C16H19NO3S. The molecule has 1 aromatic heterocycles. The van der Waals surface area contributed by atoms with Crippen LogP contribution in [0.5, 0.6) is 0 Å². The average Bonchev–Trinajstić information content (AvgIpc) is 2.80. The van der Waals surface area contributed by atoms with Gasteiger partial charge in [-0.05, 0) is 36.8 Å². The molecule has 2 N–H and O–H groups in total. The van der Waals surface area contributed by atoms with Gasteiger partial charge < -0.3 is 10.2 Å². The highest BCUT2D eigenvalue weighted by molar-refractivity contribution is 7.21. The Kier molecular flexibility index (Phi) is 3.73. The number of aromatic carboxylic acids is 1. The van der Waals surface area contributed by atoms with Gasteiger partial charge in [-0.25, -0.2) is 4.79 Å². The van der Waals surface area contributed by atoms with Crippen LogP contribution in [0.4, 0.5) is 0 Å². The third-order valence-corrected chi connectivity index (χ3v) is 5.41. The van der Waals surface area contributed by atoms with E-state index in [1.807, 2.05) is 31.2 Å². The summed E-state index contributed by atoms with van der Waals surface area (Å²) < 4.78 is 1.02. The van der Waals surface area contributed by atoms with Crippen molar-refractivity contribution in [2.24, 2.45) is 0 Å². The van der Waals surface area contributed by atoms with Crippen molar-refractivity contribution in [1.29, 1.82) is 0 Å². The summed E-state index contributed by atoms with van der Waals surface area (Å²) in [5.41, 5.74) is 0.327. The van der Waals surface area contributed by atoms with Crippen LogP contribution in [-0.2, 0) is 6.54 Å². The number of aliphatic hydroxyl groups is 1. The first kappa shape index (κ1) is 14.5. The fourth-order valence-electron chi connectivity index (χ4n) is 2.85. The molecule has 2 heterocycles. The van der Waals surface area contributed by atoms with Crippen molar-refractivity contribution >= 4 is 27.4 Å². The molecule has 4 nitrogen and oxygen atoms in total. The number of carboxylic acid groups (broad SMARTS) is 1. The Hall–Kier alpha value is -1.43. The third kappa shape index (κ3) is 2.95. The number of likely N-dealkylation sites (tertiary alicyclic amines) is 1. The number of thiophene rings is 1. The van der Waals surface area contributed by atoms with Crippen molar-refractivity contribution in [3.8, 4) is 0 Å². The lowest BCUT2D eigenvalue weighted by Crippen LogP contribution is -2.42. The molecule has 0 amide bonds. The first-order valence-corrected chi connectivity index (χ1v) is 7.96. The molecule has 5 heteroatoms. The van der Waals surface area contributed by atoms with Crippen LogP contribution in [0.1, 0.15) is 35.0 Å². The van der Waals surface area contributed by atoms with Crippen LogP contribution in [0.15, 0.2) is 24.3 Å². The van der Waals surface area contributed by atoms with Gasteiger partial charge in [0.1, 0.15) is 4.88 Å². The number of rotatable bonds is 3. The topological polar surface area (TPSA) is 60.8 Å². The van der Waals surface area contributed by atoms with Gasteiger partial charge in [-0.15, -0.1) is 11.3 Å². The summed E-state index contributed by atoms with van der Waals surface area (Å²) in [5.74, 6) is -0.852. The summed E-state index contributed by atoms with van der Waals surface area (Å²) in [6, 6.07) is 7.85. The Morgan fingerprint density at radius 1 is 1.33 bits per heavy atom. The number of carboxylic acids is 1. The number of benzene rings is 1. The lowest BCUT2D eigenvalue weighted by Gasteiger charge is -2.35. The second kappa shape index (κ2) is 5.40. The molecule has 0 aliphatic carbocycles. The maximum absolute atomic E-state index is 11.5. The van der Waals surface area contributed by atoms with Gasteiger partial charge in [-0.2, -0.15) is 0 Å². The highest BCUT2D eigenvalue weighted by atomic mass is 32.1. The normalized spacial score (nSPS) is 19.0. The molecule has 1 aromatic carbocycles. The van der Waals surface area contributed by atoms with Crippen molar-refractivity contribution in [2.45, 2.75) is 31.9 Å². The highest BCUT2D eigenvalue weighted by Crippen LogP contribution is 2.33. The molecular weight excluding hydrogens is 286 g/mol. The molecule has 1 aliphatic heterocycles. The van der Waals surface area contributed by atoms with Crippen LogP contribution in [-0.4, -0.2) is 39.8 Å². The number of fused-ring (bicyclic) bond motifs is 1. The summed E-state index contributed by atoms with van der Waals surface area (Å²) >= 11 is 1.34. The summed E-state index contributed by atoms with van der Waals surface area (Å²) in [4.78, 5) is 14.2. The van der Waals surface area contributed by atoms with Gasteiger partial charge in [0.25, 0.3) is 0 Å². The second-order valence-electron chi connectivity index (χ2n) is 5.98. The van der Waals surface area contributed by atoms with Gasteiger partial charge in [-0.3, -0.25) is 4.90 Å². The zero-order chi connectivity index (χ0) is 15.0. The summed E-state index contributed by atoms with van der Waals surface area (Å²) in [6.45, 7) is 4.11. The van der Waals surface area contributed by atoms with Crippen LogP contribution < -0.4 is 0 Å². The Balaban J connectivity index is 1.89. The predicted octanol–water partition coefficient (Wildman–Crippen LogP) is 2.95. The van der Waals surface area contributed by atoms with Crippen LogP contribution >= 0.6 is 11.3 Å². The molecule has 1 aliphatic rings. The second-order valence-corrected chi connectivity index (χ2v) is 7.04. The standard InChI is InChI=1S/C16H19NO3S/c1-16(20)6-8-17(9-7-16)10-12-11-4-2-3-5-13(11)21-14(12)15(18)19/h2-5,20H,6-10H2,1H3,(H,18,19). The largest absolute Gasteiger partial charge is 0.477 e. The molecule has 1 fully saturated rings. The number of carbonyl (C=O) groups is 1. The fourth-order valence-corrected chi connectivity index (χ4v) is 3.90. The van der Waals surface area contributed by atoms with Crippen LogP contribution in [0.3, 0.4) is 0 Å². The molecule has 0 atom stereocenters. The number of hydrogen-bond acceptors (Lipinski definition) is 4. The molecule has 112 valence electrons. The Bertz CT molecular complexity index is 667. The quantitative estimate of drug-likeness (QED) is 0.915. The Labute approximate surface area is 127 Å². The number of nitrogens with zero attached hydrogens (tertiary/aromatic N) is 1. The number of piperidine rings is 1. The van der Waals surface area contributed by atoms with Crippen molar-refractivity contribution in [3.05, 3.63) is 34.7 Å². The summed E-state index contributed by atoms with van der Waals surface area (Å²) in [6.07, 6.45) is 1.47. The van der Waals surface area contributed by atoms with E-state index in [2.05, 4.69) is 4.90 Å². The van der Waals surface area contributed by atoms with Crippen molar-refractivity contribution in [2.75, 3.05) is 13.1 Å². The van der Waals surface area contributed by atoms with E-state index in [1.165, 1.54) is 11.3 Å². The zero-order valence-electron chi connectivity index (χ0n) is 12.0. The van der Waals surface area contributed by atoms with E-state index in [0.717, 1.165) is 41.6 Å². The minimum absolute atomic E-state index is 0.438. The van der Waals surface area contributed by atoms with Crippen molar-refractivity contribution in [3.63, 3.8) is 0 Å². The van der Waals surface area contributed by atoms with Gasteiger partial charge in [0, 0.05) is 24.3 Å². The average molecular weight is 305 g/mol. The Morgan fingerprint density at radius 2 is 2.00 bits per heavy atom. The van der Waals surface area contributed by atoms with Crippen LogP contribution in [0.25, 0.3) is 10.1 Å². The van der Waals surface area contributed by atoms with E-state index < -0.39 is 11.6 Å². The van der Waals surface area contributed by atoms with Gasteiger partial charge >= 0.3 is 5.97 Å². The minimum Gasteiger partial charge on any atom is -0.477 e. The maximum Gasteiger partial charge on any atom is 0.346 e. The monoisotopic (exact) mass is 305 g/mol. The molecule has 21 heavy (non-hydrogen) atoms. The van der Waals surface area contributed by atoms with Crippen LogP contribution in [0.2, 0.25) is 0 Å². The van der Waals surface area contributed by atoms with Crippen molar-refractivity contribution in [1.82, 2.24) is 4.90 Å². The van der Waals surface area contributed by atoms with Gasteiger partial charge in [0.05, 0.1) is 5.60 Å². The molecule has 0 spiro atoms. The van der Waals surface area contributed by atoms with Gasteiger partial charge in [-0.1, -0.05) is 18.2 Å². The first-order valence-electron chi connectivity index (χ1n) is 7.15. The van der Waals surface area contributed by atoms with Gasteiger partial charge in [0.15, 0.2) is 0 Å². The lowest BCUT2D eigenvalue weighted by molar-refractivity contribution is -0.00729. The molecule has 0 unspecified atom stereocenters. The summed E-state index contributed by atoms with van der Waals surface area (Å²) in [7, 11) is 0. The molecule has 0 saturated carbocycles. The lowest BCUT2D eigenvalue weighted by atomic mass is 9.93. The van der Waals surface area contributed by atoms with Crippen molar-refractivity contribution < 1.29 is 15.0 Å². The Morgan fingerprint density at radius 3 is 2.67 bits per heavy atom. The predicted molar refractivity (Wildman–Crippen MR) is 83.9 cm³/mol. The van der Waals surface area contributed by atoms with E-state index in [0.29, 0.717) is 11.4 Å². The molecule has 3 rings (SSSR count).